The molecule has 0 radical (unpaired) electrons. The molecule has 0 atom stereocenters. The van der Waals surface area contributed by atoms with E-state index in [0.717, 1.165) is 13.0 Å². The van der Waals surface area contributed by atoms with Crippen molar-refractivity contribution in [1.29, 1.82) is 0 Å². The molecule has 20 heavy (non-hydrogen) atoms. The Balaban J connectivity index is 2.70. The quantitative estimate of drug-likeness (QED) is 0.723. The topological polar surface area (TPSA) is 72.2 Å². The number of primary sulfonamides is 1. The number of hydrogen-bond acceptors (Lipinski definition) is 3. The summed E-state index contributed by atoms with van der Waals surface area (Å²) in [4.78, 5) is 0.157. The lowest BCUT2D eigenvalue weighted by molar-refractivity contribution is 0.342. The zero-order chi connectivity index (χ0) is 15.2. The van der Waals surface area contributed by atoms with Crippen molar-refractivity contribution in [2.75, 3.05) is 11.9 Å². The minimum atomic E-state index is -3.68. The van der Waals surface area contributed by atoms with E-state index >= 15 is 0 Å². The van der Waals surface area contributed by atoms with E-state index in [1.807, 2.05) is 0 Å². The van der Waals surface area contributed by atoms with Crippen molar-refractivity contribution in [1.82, 2.24) is 0 Å². The second kappa shape index (κ2) is 7.09. The summed E-state index contributed by atoms with van der Waals surface area (Å²) in [6.45, 7) is 7.29. The fourth-order valence-corrected chi connectivity index (χ4v) is 2.85. The minimum Gasteiger partial charge on any atom is -0.383 e. The lowest BCUT2D eigenvalue weighted by atomic mass is 9.87. The molecule has 0 unspecified atom stereocenters. The summed E-state index contributed by atoms with van der Waals surface area (Å²) in [5.74, 6) is 0. The van der Waals surface area contributed by atoms with Gasteiger partial charge in [-0.2, -0.15) is 0 Å². The van der Waals surface area contributed by atoms with Gasteiger partial charge in [0.2, 0.25) is 10.0 Å². The van der Waals surface area contributed by atoms with Gasteiger partial charge in [0.25, 0.3) is 0 Å². The molecule has 0 fully saturated rings. The Bertz CT molecular complexity index is 524. The van der Waals surface area contributed by atoms with Crippen molar-refractivity contribution in [2.45, 2.75) is 51.3 Å². The van der Waals surface area contributed by atoms with Crippen molar-refractivity contribution in [3.63, 3.8) is 0 Å². The number of benzene rings is 1. The van der Waals surface area contributed by atoms with Gasteiger partial charge in [-0.05, 0) is 24.0 Å². The highest BCUT2D eigenvalue weighted by Crippen LogP contribution is 2.26. The molecule has 1 aromatic carbocycles. The molecule has 0 spiro atoms. The second-order valence-corrected chi connectivity index (χ2v) is 7.55. The maximum atomic E-state index is 11.5. The summed E-state index contributed by atoms with van der Waals surface area (Å²) >= 11 is 0. The molecule has 0 aliphatic rings. The van der Waals surface area contributed by atoms with E-state index in [4.69, 9.17) is 5.14 Å². The van der Waals surface area contributed by atoms with Crippen LogP contribution in [0.2, 0.25) is 0 Å². The number of nitrogens with two attached hydrogens (primary N) is 1. The zero-order valence-corrected chi connectivity index (χ0v) is 13.5. The molecule has 0 aliphatic heterocycles. The monoisotopic (exact) mass is 298 g/mol. The summed E-state index contributed by atoms with van der Waals surface area (Å²) < 4.78 is 23.1. The highest BCUT2D eigenvalue weighted by molar-refractivity contribution is 7.89. The zero-order valence-electron chi connectivity index (χ0n) is 12.6. The van der Waals surface area contributed by atoms with Crippen LogP contribution in [0, 0.1) is 5.41 Å². The average Bonchev–Trinajstić information content (AvgIpc) is 2.36. The lowest BCUT2D eigenvalue weighted by Gasteiger charge is -2.26. The fraction of sp³-hybridized carbons (Fsp3) is 0.600. The Morgan fingerprint density at radius 1 is 1.20 bits per heavy atom. The van der Waals surface area contributed by atoms with Crippen LogP contribution in [0.3, 0.4) is 0 Å². The van der Waals surface area contributed by atoms with Crippen LogP contribution in [0.5, 0.6) is 0 Å². The van der Waals surface area contributed by atoms with Gasteiger partial charge in [0.15, 0.2) is 0 Å². The van der Waals surface area contributed by atoms with E-state index in [0.29, 0.717) is 5.69 Å². The largest absolute Gasteiger partial charge is 0.383 e. The number of hydrogen-bond donors (Lipinski definition) is 2. The van der Waals surface area contributed by atoms with Gasteiger partial charge < -0.3 is 5.32 Å². The van der Waals surface area contributed by atoms with Gasteiger partial charge in [-0.1, -0.05) is 52.2 Å². The molecular weight excluding hydrogens is 272 g/mol. The van der Waals surface area contributed by atoms with Crippen molar-refractivity contribution >= 4 is 15.7 Å². The molecule has 0 saturated carbocycles. The van der Waals surface area contributed by atoms with Crippen molar-refractivity contribution in [2.24, 2.45) is 10.6 Å². The molecule has 0 aliphatic carbocycles. The van der Waals surface area contributed by atoms with Crippen LogP contribution in [0.15, 0.2) is 29.2 Å². The predicted octanol–water partition coefficient (Wildman–Crippen LogP) is 3.35. The van der Waals surface area contributed by atoms with Crippen LogP contribution in [0.4, 0.5) is 5.69 Å². The first kappa shape index (κ1) is 17.0. The standard InChI is InChI=1S/C15H26N2O2S/c1-4-5-8-11-15(2,3)12-17-13-9-6-7-10-14(13)20(16,18)19/h6-7,9-10,17H,4-5,8,11-12H2,1-3H3,(H2,16,18,19). The van der Waals surface area contributed by atoms with Crippen LogP contribution in [0.25, 0.3) is 0 Å². The molecule has 0 amide bonds. The lowest BCUT2D eigenvalue weighted by Crippen LogP contribution is -2.24. The smallest absolute Gasteiger partial charge is 0.240 e. The Labute approximate surface area is 122 Å². The first-order chi connectivity index (χ1) is 9.26. The molecule has 114 valence electrons. The van der Waals surface area contributed by atoms with Crippen LogP contribution < -0.4 is 10.5 Å². The Hall–Kier alpha value is -1.07. The Morgan fingerprint density at radius 2 is 1.85 bits per heavy atom. The van der Waals surface area contributed by atoms with E-state index in [2.05, 4.69) is 26.1 Å². The summed E-state index contributed by atoms with van der Waals surface area (Å²) in [7, 11) is -3.68. The van der Waals surface area contributed by atoms with Crippen LogP contribution >= 0.6 is 0 Å². The Morgan fingerprint density at radius 3 is 2.45 bits per heavy atom. The molecule has 1 aromatic rings. The highest BCUT2D eigenvalue weighted by atomic mass is 32.2. The van der Waals surface area contributed by atoms with Gasteiger partial charge in [0, 0.05) is 6.54 Å². The number of anilines is 1. The maximum absolute atomic E-state index is 11.5. The van der Waals surface area contributed by atoms with Gasteiger partial charge in [0.1, 0.15) is 4.90 Å². The number of rotatable bonds is 8. The van der Waals surface area contributed by atoms with E-state index in [-0.39, 0.29) is 10.3 Å². The Kier molecular flexibility index (Phi) is 6.02. The molecular formula is C15H26N2O2S. The second-order valence-electron chi connectivity index (χ2n) is 6.02. The van der Waals surface area contributed by atoms with Gasteiger partial charge in [-0.3, -0.25) is 0 Å². The normalized spacial score (nSPS) is 12.4. The molecule has 0 bridgehead atoms. The maximum Gasteiger partial charge on any atom is 0.240 e. The van der Waals surface area contributed by atoms with E-state index in [9.17, 15) is 8.42 Å². The molecule has 5 heteroatoms. The average molecular weight is 298 g/mol. The van der Waals surface area contributed by atoms with Crippen LogP contribution in [-0.2, 0) is 10.0 Å². The minimum absolute atomic E-state index is 0.126. The summed E-state index contributed by atoms with van der Waals surface area (Å²) in [5.41, 5.74) is 0.708. The predicted molar refractivity (Wildman–Crippen MR) is 84.2 cm³/mol. The van der Waals surface area contributed by atoms with Gasteiger partial charge in [0.05, 0.1) is 5.69 Å². The van der Waals surface area contributed by atoms with E-state index < -0.39 is 10.0 Å². The van der Waals surface area contributed by atoms with Crippen LogP contribution in [0.1, 0.15) is 46.5 Å². The molecule has 0 heterocycles. The number of sulfonamides is 1. The van der Waals surface area contributed by atoms with Gasteiger partial charge in [-0.25, -0.2) is 13.6 Å². The van der Waals surface area contributed by atoms with Crippen molar-refractivity contribution in [3.8, 4) is 0 Å². The van der Waals surface area contributed by atoms with E-state index in [1.165, 1.54) is 25.3 Å². The van der Waals surface area contributed by atoms with E-state index in [1.54, 1.807) is 18.2 Å². The number of para-hydroxylation sites is 1. The number of unbranched alkanes of at least 4 members (excludes halogenated alkanes) is 2. The third kappa shape index (κ3) is 5.51. The first-order valence-electron chi connectivity index (χ1n) is 7.12. The van der Waals surface area contributed by atoms with Gasteiger partial charge >= 0.3 is 0 Å². The molecule has 3 N–H and O–H groups in total. The summed E-state index contributed by atoms with van der Waals surface area (Å²) in [6.07, 6.45) is 4.75. The summed E-state index contributed by atoms with van der Waals surface area (Å²) in [5, 5.41) is 8.46. The van der Waals surface area contributed by atoms with Crippen molar-refractivity contribution in [3.05, 3.63) is 24.3 Å². The summed E-state index contributed by atoms with van der Waals surface area (Å²) in [6, 6.07) is 6.77. The SMILES string of the molecule is CCCCCC(C)(C)CNc1ccccc1S(N)(=O)=O. The van der Waals surface area contributed by atoms with Crippen LogP contribution in [-0.4, -0.2) is 15.0 Å². The molecule has 4 nitrogen and oxygen atoms in total. The van der Waals surface area contributed by atoms with Crippen molar-refractivity contribution < 1.29 is 8.42 Å². The fourth-order valence-electron chi connectivity index (χ4n) is 2.14. The third-order valence-corrected chi connectivity index (χ3v) is 4.38. The molecule has 0 saturated heterocycles. The number of nitrogens with one attached hydrogen (secondary N) is 1. The first-order valence-corrected chi connectivity index (χ1v) is 8.66. The van der Waals surface area contributed by atoms with Gasteiger partial charge in [-0.15, -0.1) is 0 Å². The highest BCUT2D eigenvalue weighted by Gasteiger charge is 2.19. The molecule has 0 aromatic heterocycles. The third-order valence-electron chi connectivity index (χ3n) is 3.41. The molecule has 1 rings (SSSR count).